The molecule has 3 heteroatoms. The fourth-order valence-corrected chi connectivity index (χ4v) is 3.15. The summed E-state index contributed by atoms with van der Waals surface area (Å²) in [5, 5.41) is 0. The Morgan fingerprint density at radius 1 is 0.773 bits per heavy atom. The van der Waals surface area contributed by atoms with Gasteiger partial charge < -0.3 is 4.74 Å². The second kappa shape index (κ2) is 12.7. The van der Waals surface area contributed by atoms with Crippen LogP contribution in [0.1, 0.15) is 103 Å². The predicted molar refractivity (Wildman–Crippen MR) is 89.5 cm³/mol. The first-order valence-electron chi connectivity index (χ1n) is 9.48. The van der Waals surface area contributed by atoms with Gasteiger partial charge in [0.05, 0.1) is 12.3 Å². The maximum absolute atomic E-state index is 11.3. The maximum Gasteiger partial charge on any atom is 0.317 e. The summed E-state index contributed by atoms with van der Waals surface area (Å²) in [6.07, 6.45) is 18.4. The molecular weight excluding hydrogens is 276 g/mol. The van der Waals surface area contributed by atoms with Gasteiger partial charge in [-0.2, -0.15) is 0 Å². The summed E-state index contributed by atoms with van der Waals surface area (Å²) in [4.78, 5) is 22.2. The van der Waals surface area contributed by atoms with Crippen LogP contribution in [-0.4, -0.2) is 11.9 Å². The van der Waals surface area contributed by atoms with Gasteiger partial charge in [-0.3, -0.25) is 9.59 Å². The summed E-state index contributed by atoms with van der Waals surface area (Å²) in [5.41, 5.74) is 0. The quantitative estimate of drug-likeness (QED) is 0.240. The Bertz CT molecular complexity index is 312. The second-order valence-electron chi connectivity index (χ2n) is 6.73. The molecule has 1 saturated heterocycles. The molecule has 0 aliphatic carbocycles. The van der Waals surface area contributed by atoms with Gasteiger partial charge in [0.25, 0.3) is 0 Å². The fourth-order valence-electron chi connectivity index (χ4n) is 3.15. The Balaban J connectivity index is 1.77. The van der Waals surface area contributed by atoms with Crippen molar-refractivity contribution in [3.63, 3.8) is 0 Å². The highest BCUT2D eigenvalue weighted by molar-refractivity contribution is 5.94. The Morgan fingerprint density at radius 3 is 1.64 bits per heavy atom. The Labute approximate surface area is 136 Å². The smallest absolute Gasteiger partial charge is 0.317 e. The topological polar surface area (TPSA) is 43.4 Å². The third-order valence-electron chi connectivity index (χ3n) is 4.62. The van der Waals surface area contributed by atoms with Crippen LogP contribution < -0.4 is 0 Å². The summed E-state index contributed by atoms with van der Waals surface area (Å²) >= 11 is 0. The predicted octanol–water partition coefficient (Wildman–Crippen LogP) is 5.56. The van der Waals surface area contributed by atoms with Crippen LogP contribution in [0.15, 0.2) is 0 Å². The highest BCUT2D eigenvalue weighted by Gasteiger charge is 2.32. The lowest BCUT2D eigenvalue weighted by Gasteiger charge is -2.05. The van der Waals surface area contributed by atoms with Gasteiger partial charge in [0.15, 0.2) is 0 Å². The molecule has 1 aliphatic heterocycles. The van der Waals surface area contributed by atoms with Crippen molar-refractivity contribution in [2.75, 3.05) is 0 Å². The molecule has 1 heterocycles. The summed E-state index contributed by atoms with van der Waals surface area (Å²) in [7, 11) is 0. The van der Waals surface area contributed by atoms with Gasteiger partial charge >= 0.3 is 11.9 Å². The molecule has 1 aliphatic rings. The number of unbranched alkanes of at least 4 members (excludes halogenated alkanes) is 12. The molecule has 0 amide bonds. The summed E-state index contributed by atoms with van der Waals surface area (Å²) in [5.74, 6) is -0.797. The maximum atomic E-state index is 11.3. The molecule has 0 aromatic rings. The van der Waals surface area contributed by atoms with Gasteiger partial charge in [-0.05, 0) is 6.42 Å². The average molecular weight is 310 g/mol. The normalized spacial score (nSPS) is 18.0. The number of hydrogen-bond donors (Lipinski definition) is 0. The molecular formula is C19H34O3. The third-order valence-corrected chi connectivity index (χ3v) is 4.62. The van der Waals surface area contributed by atoms with Crippen molar-refractivity contribution in [1.29, 1.82) is 0 Å². The van der Waals surface area contributed by atoms with Crippen LogP contribution >= 0.6 is 0 Å². The van der Waals surface area contributed by atoms with Crippen LogP contribution in [0.4, 0.5) is 0 Å². The minimum atomic E-state index is -0.343. The van der Waals surface area contributed by atoms with Crippen molar-refractivity contribution in [2.45, 2.75) is 103 Å². The molecule has 3 nitrogen and oxygen atoms in total. The molecule has 0 saturated carbocycles. The molecule has 1 fully saturated rings. The molecule has 22 heavy (non-hydrogen) atoms. The van der Waals surface area contributed by atoms with E-state index in [0.717, 1.165) is 12.8 Å². The Kier molecular flexibility index (Phi) is 11.0. The van der Waals surface area contributed by atoms with Crippen LogP contribution in [0.3, 0.4) is 0 Å². The number of esters is 2. The Hall–Kier alpha value is -0.860. The van der Waals surface area contributed by atoms with Crippen LogP contribution in [0, 0.1) is 5.92 Å². The van der Waals surface area contributed by atoms with Gasteiger partial charge in [-0.1, -0.05) is 90.4 Å². The molecule has 128 valence electrons. The van der Waals surface area contributed by atoms with Gasteiger partial charge in [0.2, 0.25) is 0 Å². The number of carbonyl (C=O) groups is 2. The number of cyclic esters (lactones) is 2. The summed E-state index contributed by atoms with van der Waals surface area (Å²) in [6, 6.07) is 0. The van der Waals surface area contributed by atoms with Gasteiger partial charge in [0.1, 0.15) is 0 Å². The molecule has 0 N–H and O–H groups in total. The standard InChI is InChI=1S/C19H34O3/c1-2-3-4-5-6-7-8-9-10-11-12-13-14-15-17-16-18(20)22-19(17)21/h17H,2-16H2,1H3. The third kappa shape index (κ3) is 9.22. The highest BCUT2D eigenvalue weighted by Crippen LogP contribution is 2.22. The zero-order chi connectivity index (χ0) is 16.0. The first-order valence-corrected chi connectivity index (χ1v) is 9.48. The van der Waals surface area contributed by atoms with Crippen molar-refractivity contribution in [1.82, 2.24) is 0 Å². The SMILES string of the molecule is CCCCCCCCCCCCCCCC1CC(=O)OC1=O. The van der Waals surface area contributed by atoms with E-state index in [1.54, 1.807) is 0 Å². The highest BCUT2D eigenvalue weighted by atomic mass is 16.6. The van der Waals surface area contributed by atoms with E-state index in [1.165, 1.54) is 77.0 Å². The molecule has 1 unspecified atom stereocenters. The van der Waals surface area contributed by atoms with E-state index >= 15 is 0 Å². The summed E-state index contributed by atoms with van der Waals surface area (Å²) in [6.45, 7) is 2.26. The van der Waals surface area contributed by atoms with E-state index in [-0.39, 0.29) is 17.9 Å². The van der Waals surface area contributed by atoms with E-state index in [2.05, 4.69) is 11.7 Å². The molecule has 0 aromatic carbocycles. The number of rotatable bonds is 14. The van der Waals surface area contributed by atoms with E-state index < -0.39 is 0 Å². The van der Waals surface area contributed by atoms with Gasteiger partial charge in [-0.15, -0.1) is 0 Å². The molecule has 0 aromatic heterocycles. The van der Waals surface area contributed by atoms with Crippen LogP contribution in [0.5, 0.6) is 0 Å². The van der Waals surface area contributed by atoms with Crippen molar-refractivity contribution < 1.29 is 14.3 Å². The average Bonchev–Trinajstić information content (AvgIpc) is 2.82. The minimum Gasteiger partial charge on any atom is -0.393 e. The molecule has 1 atom stereocenters. The lowest BCUT2D eigenvalue weighted by atomic mass is 9.98. The van der Waals surface area contributed by atoms with Crippen LogP contribution in [0.25, 0.3) is 0 Å². The van der Waals surface area contributed by atoms with Gasteiger partial charge in [-0.25, -0.2) is 0 Å². The van der Waals surface area contributed by atoms with E-state index in [9.17, 15) is 9.59 Å². The van der Waals surface area contributed by atoms with Crippen molar-refractivity contribution in [3.8, 4) is 0 Å². The van der Waals surface area contributed by atoms with E-state index in [0.29, 0.717) is 6.42 Å². The Morgan fingerprint density at radius 2 is 1.23 bits per heavy atom. The lowest BCUT2D eigenvalue weighted by molar-refractivity contribution is -0.153. The zero-order valence-electron chi connectivity index (χ0n) is 14.4. The van der Waals surface area contributed by atoms with Crippen molar-refractivity contribution in [3.05, 3.63) is 0 Å². The fraction of sp³-hybridized carbons (Fsp3) is 0.895. The molecule has 0 bridgehead atoms. The van der Waals surface area contributed by atoms with Crippen LogP contribution in [0.2, 0.25) is 0 Å². The van der Waals surface area contributed by atoms with Gasteiger partial charge in [0, 0.05) is 0 Å². The van der Waals surface area contributed by atoms with E-state index in [1.807, 2.05) is 0 Å². The minimum absolute atomic E-state index is 0.153. The number of hydrogen-bond acceptors (Lipinski definition) is 3. The second-order valence-corrected chi connectivity index (χ2v) is 6.73. The molecule has 0 radical (unpaired) electrons. The van der Waals surface area contributed by atoms with E-state index in [4.69, 9.17) is 0 Å². The number of carbonyl (C=O) groups excluding carboxylic acids is 2. The molecule has 1 rings (SSSR count). The lowest BCUT2D eigenvalue weighted by Crippen LogP contribution is -2.06. The first-order chi connectivity index (χ1) is 10.7. The van der Waals surface area contributed by atoms with Crippen molar-refractivity contribution in [2.24, 2.45) is 5.92 Å². The monoisotopic (exact) mass is 310 g/mol. The molecule has 0 spiro atoms. The van der Waals surface area contributed by atoms with Crippen LogP contribution in [-0.2, 0) is 14.3 Å². The van der Waals surface area contributed by atoms with Crippen molar-refractivity contribution >= 4 is 11.9 Å². The zero-order valence-corrected chi connectivity index (χ0v) is 14.4. The largest absolute Gasteiger partial charge is 0.393 e. The first kappa shape index (κ1) is 19.2. The number of ether oxygens (including phenoxy) is 1. The summed E-state index contributed by atoms with van der Waals surface area (Å²) < 4.78 is 4.56.